The molecule has 0 N–H and O–H groups in total. The van der Waals surface area contributed by atoms with Gasteiger partial charge in [-0.05, 0) is 48.6 Å². The van der Waals surface area contributed by atoms with E-state index in [0.29, 0.717) is 17.7 Å². The van der Waals surface area contributed by atoms with Crippen molar-refractivity contribution in [3.05, 3.63) is 59.2 Å². The molecule has 0 bridgehead atoms. The van der Waals surface area contributed by atoms with E-state index >= 15 is 0 Å². The van der Waals surface area contributed by atoms with Crippen molar-refractivity contribution in [2.75, 3.05) is 31.2 Å². The zero-order chi connectivity index (χ0) is 16.4. The number of rotatable bonds is 3. The Kier molecular flexibility index (Phi) is 4.14. The third-order valence-electron chi connectivity index (χ3n) is 5.00. The van der Waals surface area contributed by atoms with E-state index in [0.717, 1.165) is 45.0 Å². The summed E-state index contributed by atoms with van der Waals surface area (Å²) in [6.45, 7) is 10.5. The standard InChI is InChI=1S/C19H20N4O/c1-20-18-13-14(5-6-21-18)15-11-16(12-15)17-3-2-4-19(22-17)23-7-9-24-10-8-23/h2-6,13,15-16H,7-12H2. The van der Waals surface area contributed by atoms with E-state index in [1.807, 2.05) is 12.1 Å². The number of hydrogen-bond donors (Lipinski definition) is 0. The lowest BCUT2D eigenvalue weighted by molar-refractivity contribution is 0.122. The summed E-state index contributed by atoms with van der Waals surface area (Å²) in [7, 11) is 0. The average Bonchev–Trinajstić information content (AvgIpc) is 2.62. The number of morpholine rings is 1. The maximum atomic E-state index is 7.09. The van der Waals surface area contributed by atoms with Gasteiger partial charge in [0.25, 0.3) is 5.82 Å². The van der Waals surface area contributed by atoms with Crippen LogP contribution in [0.1, 0.15) is 35.9 Å². The molecule has 1 aliphatic carbocycles. The highest BCUT2D eigenvalue weighted by molar-refractivity contribution is 5.42. The van der Waals surface area contributed by atoms with Gasteiger partial charge in [-0.15, -0.1) is 4.98 Å². The van der Waals surface area contributed by atoms with Gasteiger partial charge in [-0.1, -0.05) is 12.6 Å². The summed E-state index contributed by atoms with van der Waals surface area (Å²) in [5.41, 5.74) is 2.42. The van der Waals surface area contributed by atoms with Crippen LogP contribution in [0, 0.1) is 6.57 Å². The van der Waals surface area contributed by atoms with Crippen LogP contribution in [0.2, 0.25) is 0 Å². The van der Waals surface area contributed by atoms with E-state index in [-0.39, 0.29) is 0 Å². The van der Waals surface area contributed by atoms with Crippen molar-refractivity contribution in [3.63, 3.8) is 0 Å². The molecule has 1 aliphatic heterocycles. The number of pyridine rings is 2. The Morgan fingerprint density at radius 2 is 1.96 bits per heavy atom. The summed E-state index contributed by atoms with van der Waals surface area (Å²) in [6, 6.07) is 10.3. The summed E-state index contributed by atoms with van der Waals surface area (Å²) in [6.07, 6.45) is 3.94. The Hall–Kier alpha value is -2.45. The molecule has 0 spiro atoms. The maximum absolute atomic E-state index is 7.09. The van der Waals surface area contributed by atoms with Crippen LogP contribution in [-0.2, 0) is 4.74 Å². The third kappa shape index (κ3) is 2.98. The summed E-state index contributed by atoms with van der Waals surface area (Å²) in [4.78, 5) is 14.7. The van der Waals surface area contributed by atoms with Gasteiger partial charge in [0, 0.05) is 24.7 Å². The van der Waals surface area contributed by atoms with Crippen molar-refractivity contribution in [2.24, 2.45) is 0 Å². The smallest absolute Gasteiger partial charge is 0.269 e. The zero-order valence-electron chi connectivity index (χ0n) is 13.6. The lowest BCUT2D eigenvalue weighted by Gasteiger charge is -2.36. The molecule has 2 fully saturated rings. The molecule has 3 heterocycles. The van der Waals surface area contributed by atoms with Gasteiger partial charge >= 0.3 is 0 Å². The fourth-order valence-corrected chi connectivity index (χ4v) is 3.52. The Balaban J connectivity index is 1.44. The largest absolute Gasteiger partial charge is 0.378 e. The molecule has 0 atom stereocenters. The van der Waals surface area contributed by atoms with E-state index in [9.17, 15) is 0 Å². The van der Waals surface area contributed by atoms with E-state index in [4.69, 9.17) is 16.3 Å². The summed E-state index contributed by atoms with van der Waals surface area (Å²) in [5.74, 6) is 2.59. The van der Waals surface area contributed by atoms with Crippen LogP contribution in [0.4, 0.5) is 11.6 Å². The molecule has 2 aliphatic rings. The van der Waals surface area contributed by atoms with E-state index < -0.39 is 0 Å². The van der Waals surface area contributed by atoms with Crippen LogP contribution in [-0.4, -0.2) is 36.3 Å². The van der Waals surface area contributed by atoms with Crippen LogP contribution >= 0.6 is 0 Å². The zero-order valence-corrected chi connectivity index (χ0v) is 13.6. The Labute approximate surface area is 142 Å². The minimum absolute atomic E-state index is 0.489. The van der Waals surface area contributed by atoms with Crippen molar-refractivity contribution in [1.29, 1.82) is 0 Å². The minimum Gasteiger partial charge on any atom is -0.378 e. The van der Waals surface area contributed by atoms with Gasteiger partial charge in [0.05, 0.1) is 13.2 Å². The van der Waals surface area contributed by atoms with Gasteiger partial charge in [0.2, 0.25) is 0 Å². The van der Waals surface area contributed by atoms with Gasteiger partial charge in [-0.25, -0.2) is 4.98 Å². The second-order valence-corrected chi connectivity index (χ2v) is 6.44. The van der Waals surface area contributed by atoms with Crippen molar-refractivity contribution in [2.45, 2.75) is 24.7 Å². The fourth-order valence-electron chi connectivity index (χ4n) is 3.52. The maximum Gasteiger partial charge on any atom is 0.269 e. The fraction of sp³-hybridized carbons (Fsp3) is 0.421. The quantitative estimate of drug-likeness (QED) is 0.812. The van der Waals surface area contributed by atoms with E-state index in [1.54, 1.807) is 6.20 Å². The first kappa shape index (κ1) is 15.1. The number of ether oxygens (including phenoxy) is 1. The monoisotopic (exact) mass is 320 g/mol. The molecule has 2 aromatic rings. The van der Waals surface area contributed by atoms with Crippen molar-refractivity contribution < 1.29 is 4.74 Å². The Morgan fingerprint density at radius 1 is 1.12 bits per heavy atom. The van der Waals surface area contributed by atoms with Crippen LogP contribution in [0.5, 0.6) is 0 Å². The molecule has 5 heteroatoms. The lowest BCUT2D eigenvalue weighted by atomic mass is 9.70. The normalized spacial score (nSPS) is 23.4. The Morgan fingerprint density at radius 3 is 2.75 bits per heavy atom. The van der Waals surface area contributed by atoms with E-state index in [1.165, 1.54) is 11.3 Å². The van der Waals surface area contributed by atoms with Gasteiger partial charge in [0.1, 0.15) is 12.0 Å². The SMILES string of the molecule is [C-]#[N+]c1cc(C2CC(c3cccc(N4CCOCC4)n3)C2)ccn1. The molecule has 0 amide bonds. The number of hydrogen-bond acceptors (Lipinski definition) is 4. The predicted octanol–water partition coefficient (Wildman–Crippen LogP) is 3.53. The summed E-state index contributed by atoms with van der Waals surface area (Å²) >= 11 is 0. The second-order valence-electron chi connectivity index (χ2n) is 6.44. The first-order valence-electron chi connectivity index (χ1n) is 8.46. The average molecular weight is 320 g/mol. The highest BCUT2D eigenvalue weighted by Crippen LogP contribution is 2.47. The molecule has 1 saturated carbocycles. The molecule has 4 rings (SSSR count). The Bertz CT molecular complexity index is 758. The molecule has 0 aromatic carbocycles. The van der Waals surface area contributed by atoms with Gasteiger partial charge < -0.3 is 14.5 Å². The molecule has 1 saturated heterocycles. The van der Waals surface area contributed by atoms with E-state index in [2.05, 4.69) is 32.9 Å². The van der Waals surface area contributed by atoms with Gasteiger partial charge in [-0.2, -0.15) is 0 Å². The molecule has 0 unspecified atom stereocenters. The van der Waals surface area contributed by atoms with Gasteiger partial charge in [0.15, 0.2) is 0 Å². The molecule has 5 nitrogen and oxygen atoms in total. The summed E-state index contributed by atoms with van der Waals surface area (Å²) < 4.78 is 5.42. The van der Waals surface area contributed by atoms with Crippen LogP contribution in [0.15, 0.2) is 36.5 Å². The highest BCUT2D eigenvalue weighted by Gasteiger charge is 2.32. The number of aromatic nitrogens is 2. The van der Waals surface area contributed by atoms with Crippen molar-refractivity contribution >= 4 is 11.6 Å². The predicted molar refractivity (Wildman–Crippen MR) is 92.5 cm³/mol. The van der Waals surface area contributed by atoms with Crippen LogP contribution < -0.4 is 4.90 Å². The third-order valence-corrected chi connectivity index (χ3v) is 5.00. The molecule has 0 radical (unpaired) electrons. The van der Waals surface area contributed by atoms with Gasteiger partial charge in [-0.3, -0.25) is 0 Å². The summed E-state index contributed by atoms with van der Waals surface area (Å²) in [5, 5.41) is 0. The second kappa shape index (κ2) is 6.58. The molecule has 2 aromatic heterocycles. The molecule has 24 heavy (non-hydrogen) atoms. The molecule has 122 valence electrons. The first-order valence-corrected chi connectivity index (χ1v) is 8.46. The highest BCUT2D eigenvalue weighted by atomic mass is 16.5. The van der Waals surface area contributed by atoms with Crippen molar-refractivity contribution in [1.82, 2.24) is 9.97 Å². The lowest BCUT2D eigenvalue weighted by Crippen LogP contribution is -2.37. The van der Waals surface area contributed by atoms with Crippen molar-refractivity contribution in [3.8, 4) is 0 Å². The molecular weight excluding hydrogens is 300 g/mol. The molecular formula is C19H20N4O. The minimum atomic E-state index is 0.489. The van der Waals surface area contributed by atoms with Crippen LogP contribution in [0.3, 0.4) is 0 Å². The topological polar surface area (TPSA) is 42.6 Å². The van der Waals surface area contributed by atoms with Crippen LogP contribution in [0.25, 0.3) is 4.85 Å². The first-order chi connectivity index (χ1) is 11.8. The number of nitrogens with zero attached hydrogens (tertiary/aromatic N) is 4. The number of anilines is 1.